The van der Waals surface area contributed by atoms with Gasteiger partial charge in [-0.1, -0.05) is 12.1 Å². The minimum Gasteiger partial charge on any atom is -0.494 e. The fourth-order valence-corrected chi connectivity index (χ4v) is 5.61. The number of amides is 4. The lowest BCUT2D eigenvalue weighted by molar-refractivity contribution is -0.140. The van der Waals surface area contributed by atoms with E-state index in [1.807, 2.05) is 61.8 Å². The minimum absolute atomic E-state index is 0.0423. The summed E-state index contributed by atoms with van der Waals surface area (Å²) in [5, 5.41) is 16.9. The van der Waals surface area contributed by atoms with Gasteiger partial charge in [0.05, 0.1) is 31.2 Å². The van der Waals surface area contributed by atoms with E-state index in [0.29, 0.717) is 38.2 Å². The molecule has 3 aliphatic heterocycles. The smallest absolute Gasteiger partial charge is 0.243 e. The number of benzene rings is 1. The summed E-state index contributed by atoms with van der Waals surface area (Å²) in [5.74, 6) is -1.03. The number of likely N-dealkylation sites (tertiary alicyclic amines) is 1. The number of β-amino-alcohol motifs (C(OH)–C–C–N with tert-alkyl or cyclic N) is 1. The van der Waals surface area contributed by atoms with Crippen LogP contribution in [0.2, 0.25) is 0 Å². The highest BCUT2D eigenvalue weighted by molar-refractivity contribution is 5.91. The highest BCUT2D eigenvalue weighted by atomic mass is 16.5. The Morgan fingerprint density at radius 2 is 1.77 bits per heavy atom. The zero-order valence-electron chi connectivity index (χ0n) is 24.1. The highest BCUT2D eigenvalue weighted by Gasteiger charge is 2.38. The monoisotopic (exact) mass is 559 g/mol. The van der Waals surface area contributed by atoms with Crippen LogP contribution in [0.3, 0.4) is 0 Å². The molecule has 1 unspecified atom stereocenters. The van der Waals surface area contributed by atoms with Crippen LogP contribution in [0, 0.1) is 0 Å². The number of aliphatic hydroxyl groups is 1. The molecule has 0 saturated carbocycles. The molecular formula is C29H45N5O6. The van der Waals surface area contributed by atoms with Gasteiger partial charge in [-0.05, 0) is 77.6 Å². The first-order chi connectivity index (χ1) is 19.0. The Hall–Kier alpha value is -3.18. The number of nitrogens with one attached hydrogen (secondary N) is 2. The third-order valence-corrected chi connectivity index (χ3v) is 7.48. The average Bonchev–Trinajstić information content (AvgIpc) is 3.33. The van der Waals surface area contributed by atoms with Gasteiger partial charge in [0.15, 0.2) is 0 Å². The molecule has 1 aromatic rings. The second kappa shape index (κ2) is 14.5. The Kier molecular flexibility index (Phi) is 11.3. The molecule has 1 aromatic carbocycles. The largest absolute Gasteiger partial charge is 0.494 e. The number of rotatable bonds is 8. The van der Waals surface area contributed by atoms with E-state index in [-0.39, 0.29) is 43.4 Å². The van der Waals surface area contributed by atoms with E-state index < -0.39 is 35.9 Å². The zero-order valence-corrected chi connectivity index (χ0v) is 24.1. The molecule has 4 rings (SSSR count). The summed E-state index contributed by atoms with van der Waals surface area (Å²) < 4.78 is 5.72. The Morgan fingerprint density at radius 1 is 1.10 bits per heavy atom. The maximum Gasteiger partial charge on any atom is 0.243 e. The molecule has 4 amide bonds. The topological polar surface area (TPSA) is 154 Å². The lowest BCUT2D eigenvalue weighted by Gasteiger charge is -2.37. The molecule has 0 aliphatic carbocycles. The van der Waals surface area contributed by atoms with Crippen molar-refractivity contribution in [3.63, 3.8) is 0 Å². The standard InChI is InChI=1S/C29H45N5O6/c1-18(2)34(19(3)4)29(39)24-7-5-13-33(24)17-25(35)22-15-20-9-11-21(12-10-20)40-14-6-8-27(37)31-23(16-26(30)36)28(38)32-22/h9-12,18-19,22-25,35H,5-8,13-17H2,1-4H3,(H2,30,36)(H,31,37)(H,32,38)/t22-,23?,24+,25+/m1/s1. The predicted octanol–water partition coefficient (Wildman–Crippen LogP) is 0.717. The van der Waals surface area contributed by atoms with Crippen molar-refractivity contribution in [2.24, 2.45) is 5.73 Å². The predicted molar refractivity (Wildman–Crippen MR) is 150 cm³/mol. The third-order valence-electron chi connectivity index (χ3n) is 7.48. The zero-order chi connectivity index (χ0) is 29.4. The molecule has 1 saturated heterocycles. The number of hydrogen-bond donors (Lipinski definition) is 4. The number of nitrogens with zero attached hydrogens (tertiary/aromatic N) is 2. The molecule has 2 bridgehead atoms. The second-order valence-electron chi connectivity index (χ2n) is 11.4. The number of aliphatic hydroxyl groups excluding tert-OH is 1. The highest BCUT2D eigenvalue weighted by Crippen LogP contribution is 2.23. The van der Waals surface area contributed by atoms with Crippen LogP contribution in [0.5, 0.6) is 5.75 Å². The Balaban J connectivity index is 1.83. The molecule has 4 atom stereocenters. The second-order valence-corrected chi connectivity index (χ2v) is 11.4. The summed E-state index contributed by atoms with van der Waals surface area (Å²) in [4.78, 5) is 54.8. The molecule has 222 valence electrons. The van der Waals surface area contributed by atoms with Gasteiger partial charge in [0.25, 0.3) is 0 Å². The molecule has 5 N–H and O–H groups in total. The maximum absolute atomic E-state index is 13.5. The lowest BCUT2D eigenvalue weighted by atomic mass is 9.99. The quantitative estimate of drug-likeness (QED) is 0.366. The van der Waals surface area contributed by atoms with Crippen molar-refractivity contribution >= 4 is 23.6 Å². The molecule has 40 heavy (non-hydrogen) atoms. The molecule has 11 heteroatoms. The van der Waals surface area contributed by atoms with Crippen LogP contribution in [0.1, 0.15) is 65.4 Å². The molecule has 11 nitrogen and oxygen atoms in total. The average molecular weight is 560 g/mol. The summed E-state index contributed by atoms with van der Waals surface area (Å²) in [7, 11) is 0. The molecule has 0 spiro atoms. The van der Waals surface area contributed by atoms with Crippen LogP contribution in [0.15, 0.2) is 24.3 Å². The molecule has 0 aromatic heterocycles. The van der Waals surface area contributed by atoms with Crippen molar-refractivity contribution in [2.75, 3.05) is 19.7 Å². The van der Waals surface area contributed by atoms with Crippen molar-refractivity contribution in [3.8, 4) is 5.75 Å². The minimum atomic E-state index is -1.17. The van der Waals surface area contributed by atoms with Gasteiger partial charge in [0.2, 0.25) is 23.6 Å². The van der Waals surface area contributed by atoms with Crippen molar-refractivity contribution in [1.29, 1.82) is 0 Å². The summed E-state index contributed by atoms with van der Waals surface area (Å²) in [5.41, 5.74) is 6.23. The van der Waals surface area contributed by atoms with Crippen molar-refractivity contribution in [1.82, 2.24) is 20.4 Å². The van der Waals surface area contributed by atoms with Gasteiger partial charge in [-0.25, -0.2) is 0 Å². The lowest BCUT2D eigenvalue weighted by Crippen LogP contribution is -2.57. The van der Waals surface area contributed by atoms with E-state index in [2.05, 4.69) is 10.6 Å². The van der Waals surface area contributed by atoms with E-state index >= 15 is 0 Å². The Morgan fingerprint density at radius 3 is 2.40 bits per heavy atom. The SMILES string of the molecule is CC(C)N(C(=O)[C@@H]1CCCN1C[C@H](O)[C@H]1Cc2ccc(cc2)OCCCC(=O)NC(CC(N)=O)C(=O)N1)C(C)C. The summed E-state index contributed by atoms with van der Waals surface area (Å²) in [6.07, 6.45) is 0.974. The van der Waals surface area contributed by atoms with Crippen LogP contribution in [0.25, 0.3) is 0 Å². The van der Waals surface area contributed by atoms with Crippen LogP contribution in [0.4, 0.5) is 0 Å². The number of ether oxygens (including phenoxy) is 1. The van der Waals surface area contributed by atoms with Gasteiger partial charge in [-0.15, -0.1) is 0 Å². The van der Waals surface area contributed by atoms with E-state index in [1.54, 1.807) is 0 Å². The number of hydrogen-bond acceptors (Lipinski definition) is 7. The van der Waals surface area contributed by atoms with Crippen molar-refractivity contribution in [3.05, 3.63) is 29.8 Å². The maximum atomic E-state index is 13.5. The normalized spacial score (nSPS) is 23.6. The van der Waals surface area contributed by atoms with Crippen LogP contribution in [-0.2, 0) is 25.6 Å². The van der Waals surface area contributed by atoms with Crippen molar-refractivity contribution < 1.29 is 29.0 Å². The first kappa shape index (κ1) is 31.3. The van der Waals surface area contributed by atoms with Gasteiger partial charge < -0.3 is 31.1 Å². The van der Waals surface area contributed by atoms with Gasteiger partial charge in [-0.2, -0.15) is 0 Å². The summed E-state index contributed by atoms with van der Waals surface area (Å²) >= 11 is 0. The van der Waals surface area contributed by atoms with E-state index in [9.17, 15) is 24.3 Å². The van der Waals surface area contributed by atoms with E-state index in [1.165, 1.54) is 0 Å². The van der Waals surface area contributed by atoms with Crippen LogP contribution in [-0.4, -0.2) is 94.5 Å². The van der Waals surface area contributed by atoms with Gasteiger partial charge >= 0.3 is 0 Å². The molecular weight excluding hydrogens is 514 g/mol. The molecule has 3 heterocycles. The third kappa shape index (κ3) is 8.66. The first-order valence-corrected chi connectivity index (χ1v) is 14.3. The van der Waals surface area contributed by atoms with Crippen LogP contribution < -0.4 is 21.1 Å². The summed E-state index contributed by atoms with van der Waals surface area (Å²) in [6, 6.07) is 5.21. The summed E-state index contributed by atoms with van der Waals surface area (Å²) in [6.45, 7) is 9.14. The van der Waals surface area contributed by atoms with E-state index in [0.717, 1.165) is 12.0 Å². The Labute approximate surface area is 236 Å². The number of carbonyl (C=O) groups excluding carboxylic acids is 4. The fraction of sp³-hybridized carbons (Fsp3) is 0.655. The van der Waals surface area contributed by atoms with E-state index in [4.69, 9.17) is 10.5 Å². The fourth-order valence-electron chi connectivity index (χ4n) is 5.61. The number of fused-ring (bicyclic) bond motifs is 12. The number of nitrogens with two attached hydrogens (primary N) is 1. The number of carbonyl (C=O) groups is 4. The molecule has 1 fully saturated rings. The van der Waals surface area contributed by atoms with Gasteiger partial charge in [0.1, 0.15) is 11.8 Å². The molecule has 3 aliphatic rings. The molecule has 0 radical (unpaired) electrons. The van der Waals surface area contributed by atoms with Crippen molar-refractivity contribution in [2.45, 2.75) is 103 Å². The van der Waals surface area contributed by atoms with Gasteiger partial charge in [-0.3, -0.25) is 24.1 Å². The van der Waals surface area contributed by atoms with Crippen LogP contribution >= 0.6 is 0 Å². The Bertz CT molecular complexity index is 1020. The van der Waals surface area contributed by atoms with Gasteiger partial charge in [0, 0.05) is 25.0 Å². The number of primary amides is 1. The first-order valence-electron chi connectivity index (χ1n) is 14.3.